The number of alkyl halides is 2. The lowest BCUT2D eigenvalue weighted by atomic mass is 10.0. The molecule has 0 aliphatic rings. The minimum atomic E-state index is -2.93. The Morgan fingerprint density at radius 2 is 1.88 bits per heavy atom. The van der Waals surface area contributed by atoms with Crippen molar-refractivity contribution in [3.63, 3.8) is 0 Å². The number of H-pyrrole nitrogens is 1. The molecule has 0 atom stereocenters. The summed E-state index contributed by atoms with van der Waals surface area (Å²) in [7, 11) is 0. The Kier molecular flexibility index (Phi) is 3.53. The Balaban J connectivity index is 2.59. The first kappa shape index (κ1) is 12.9. The van der Waals surface area contributed by atoms with Crippen molar-refractivity contribution in [3.8, 4) is 11.1 Å². The predicted octanol–water partition coefficient (Wildman–Crippen LogP) is 4.56. The predicted molar refractivity (Wildman–Crippen MR) is 74.0 cm³/mol. The van der Waals surface area contributed by atoms with E-state index in [1.807, 2.05) is 34.7 Å². The summed E-state index contributed by atoms with van der Waals surface area (Å²) in [6.07, 6.45) is 0. The minimum absolute atomic E-state index is 0.149. The Bertz CT molecular complexity index is 531. The normalized spacial score (nSPS) is 11.8. The van der Waals surface area contributed by atoms with Crippen LogP contribution in [0.1, 0.15) is 12.6 Å². The van der Waals surface area contributed by atoms with Crippen LogP contribution >= 0.6 is 38.5 Å². The van der Waals surface area contributed by atoms with Gasteiger partial charge < -0.3 is 0 Å². The van der Waals surface area contributed by atoms with Gasteiger partial charge in [-0.25, -0.2) is 0 Å². The summed E-state index contributed by atoms with van der Waals surface area (Å²) in [6, 6.07) is 7.20. The monoisotopic (exact) mass is 412 g/mol. The van der Waals surface area contributed by atoms with Crippen LogP contribution in [0.25, 0.3) is 11.1 Å². The highest BCUT2D eigenvalue weighted by Crippen LogP contribution is 2.36. The lowest BCUT2D eigenvalue weighted by molar-refractivity contribution is 0.0133. The number of hydrogen-bond donors (Lipinski definition) is 1. The molecule has 2 nitrogen and oxygen atoms in total. The first-order valence-corrected chi connectivity index (χ1v) is 6.65. The average molecular weight is 413 g/mol. The molecule has 0 aliphatic heterocycles. The van der Waals surface area contributed by atoms with Crippen molar-refractivity contribution in [2.24, 2.45) is 0 Å². The van der Waals surface area contributed by atoms with Crippen LogP contribution in [0, 0.1) is 3.70 Å². The molecule has 1 aromatic carbocycles. The molecule has 6 heteroatoms. The van der Waals surface area contributed by atoms with Gasteiger partial charge in [0.15, 0.2) is 0 Å². The largest absolute Gasteiger partial charge is 0.287 e. The molecule has 0 unspecified atom stereocenters. The van der Waals surface area contributed by atoms with Crippen LogP contribution in [0.4, 0.5) is 8.78 Å². The highest BCUT2D eigenvalue weighted by atomic mass is 127. The first-order valence-electron chi connectivity index (χ1n) is 4.77. The Hall–Kier alpha value is -0.500. The van der Waals surface area contributed by atoms with Crippen molar-refractivity contribution in [2.45, 2.75) is 12.8 Å². The van der Waals surface area contributed by atoms with Crippen LogP contribution in [0.5, 0.6) is 0 Å². The quantitative estimate of drug-likeness (QED) is 0.720. The molecule has 2 aromatic rings. The maximum Gasteiger partial charge on any atom is 0.287 e. The van der Waals surface area contributed by atoms with E-state index in [2.05, 4.69) is 26.1 Å². The maximum atomic E-state index is 13.4. The fraction of sp³-hybridized carbons (Fsp3) is 0.182. The Morgan fingerprint density at radius 3 is 2.41 bits per heavy atom. The van der Waals surface area contributed by atoms with Gasteiger partial charge in [0, 0.05) is 17.0 Å². The van der Waals surface area contributed by atoms with E-state index in [9.17, 15) is 8.78 Å². The van der Waals surface area contributed by atoms with Crippen LogP contribution in [0.3, 0.4) is 0 Å². The third kappa shape index (κ3) is 2.67. The smallest absolute Gasteiger partial charge is 0.275 e. The minimum Gasteiger partial charge on any atom is -0.275 e. The second kappa shape index (κ2) is 4.64. The summed E-state index contributed by atoms with van der Waals surface area (Å²) >= 11 is 5.26. The van der Waals surface area contributed by atoms with E-state index in [4.69, 9.17) is 0 Å². The topological polar surface area (TPSA) is 28.7 Å². The van der Waals surface area contributed by atoms with E-state index >= 15 is 0 Å². The van der Waals surface area contributed by atoms with Gasteiger partial charge in [-0.05, 0) is 40.3 Å². The van der Waals surface area contributed by atoms with Gasteiger partial charge in [-0.3, -0.25) is 5.10 Å². The van der Waals surface area contributed by atoms with Crippen molar-refractivity contribution in [2.75, 3.05) is 0 Å². The summed E-state index contributed by atoms with van der Waals surface area (Å²) < 4.78 is 28.3. The first-order chi connectivity index (χ1) is 7.89. The third-order valence-electron chi connectivity index (χ3n) is 2.29. The standard InChI is InChI=1S/C11H8BrF2IN2/c1-11(13,14)9-8(10(15)17-16-9)6-2-4-7(12)5-3-6/h2-5H,1H3,(H,16,17). The number of hydrogen-bond acceptors (Lipinski definition) is 1. The number of rotatable bonds is 2. The van der Waals surface area contributed by atoms with Crippen LogP contribution in [-0.4, -0.2) is 10.2 Å². The maximum absolute atomic E-state index is 13.4. The molecule has 0 saturated carbocycles. The van der Waals surface area contributed by atoms with Crippen molar-refractivity contribution in [1.82, 2.24) is 10.2 Å². The zero-order valence-electron chi connectivity index (χ0n) is 8.77. The van der Waals surface area contributed by atoms with Gasteiger partial charge in [-0.15, -0.1) is 0 Å². The number of aromatic amines is 1. The molecule has 0 aliphatic carbocycles. The molecule has 2 rings (SSSR count). The van der Waals surface area contributed by atoms with Crippen molar-refractivity contribution < 1.29 is 8.78 Å². The number of nitrogens with zero attached hydrogens (tertiary/aromatic N) is 1. The SMILES string of the molecule is CC(F)(F)c1[nH]nc(I)c1-c1ccc(Br)cc1. The molecule has 17 heavy (non-hydrogen) atoms. The van der Waals surface area contributed by atoms with E-state index < -0.39 is 5.92 Å². The van der Waals surface area contributed by atoms with Crippen LogP contribution in [-0.2, 0) is 5.92 Å². The molecule has 0 radical (unpaired) electrons. The molecule has 1 heterocycles. The van der Waals surface area contributed by atoms with E-state index in [-0.39, 0.29) is 5.69 Å². The zero-order chi connectivity index (χ0) is 12.6. The van der Waals surface area contributed by atoms with Gasteiger partial charge in [-0.2, -0.15) is 13.9 Å². The third-order valence-corrected chi connectivity index (χ3v) is 3.60. The molecule has 0 amide bonds. The second-order valence-electron chi connectivity index (χ2n) is 3.66. The summed E-state index contributed by atoms with van der Waals surface area (Å²) in [6.45, 7) is 0.860. The Labute approximate surface area is 119 Å². The summed E-state index contributed by atoms with van der Waals surface area (Å²) in [5.74, 6) is -2.93. The fourth-order valence-corrected chi connectivity index (χ4v) is 2.48. The number of nitrogens with one attached hydrogen (secondary N) is 1. The number of halogens is 4. The molecule has 0 fully saturated rings. The van der Waals surface area contributed by atoms with Gasteiger partial charge in [0.05, 0.1) is 0 Å². The summed E-state index contributed by atoms with van der Waals surface area (Å²) in [5.41, 5.74) is 1.04. The fourth-order valence-electron chi connectivity index (χ4n) is 1.52. The van der Waals surface area contributed by atoms with Gasteiger partial charge in [0.1, 0.15) is 9.39 Å². The highest BCUT2D eigenvalue weighted by Gasteiger charge is 2.32. The lowest BCUT2D eigenvalue weighted by Gasteiger charge is -2.10. The molecular weight excluding hydrogens is 405 g/mol. The molecule has 0 spiro atoms. The number of benzene rings is 1. The summed E-state index contributed by atoms with van der Waals surface area (Å²) in [4.78, 5) is 0. The molecule has 0 saturated heterocycles. The van der Waals surface area contributed by atoms with Gasteiger partial charge in [0.25, 0.3) is 5.92 Å². The van der Waals surface area contributed by atoms with E-state index in [0.29, 0.717) is 9.26 Å². The van der Waals surface area contributed by atoms with Gasteiger partial charge in [0.2, 0.25) is 0 Å². The molecular formula is C11H8BrF2IN2. The lowest BCUT2D eigenvalue weighted by Crippen LogP contribution is -2.09. The van der Waals surface area contributed by atoms with E-state index in [1.54, 1.807) is 12.1 Å². The van der Waals surface area contributed by atoms with Gasteiger partial charge in [-0.1, -0.05) is 28.1 Å². The molecule has 90 valence electrons. The molecule has 0 bridgehead atoms. The van der Waals surface area contributed by atoms with E-state index in [0.717, 1.165) is 17.0 Å². The molecule has 1 N–H and O–H groups in total. The summed E-state index contributed by atoms with van der Waals surface area (Å²) in [5, 5.41) is 6.26. The van der Waals surface area contributed by atoms with Crippen molar-refractivity contribution in [3.05, 3.63) is 38.1 Å². The second-order valence-corrected chi connectivity index (χ2v) is 5.60. The zero-order valence-corrected chi connectivity index (χ0v) is 12.5. The van der Waals surface area contributed by atoms with Crippen molar-refractivity contribution >= 4 is 38.5 Å². The average Bonchev–Trinajstić information content (AvgIpc) is 2.61. The number of aromatic nitrogens is 2. The van der Waals surface area contributed by atoms with Gasteiger partial charge >= 0.3 is 0 Å². The van der Waals surface area contributed by atoms with Crippen LogP contribution in [0.15, 0.2) is 28.7 Å². The highest BCUT2D eigenvalue weighted by molar-refractivity contribution is 14.1. The van der Waals surface area contributed by atoms with Crippen LogP contribution < -0.4 is 0 Å². The molecule has 1 aromatic heterocycles. The van der Waals surface area contributed by atoms with E-state index in [1.165, 1.54) is 0 Å². The Morgan fingerprint density at radius 1 is 1.29 bits per heavy atom. The van der Waals surface area contributed by atoms with Crippen molar-refractivity contribution in [1.29, 1.82) is 0 Å². The van der Waals surface area contributed by atoms with Crippen LogP contribution in [0.2, 0.25) is 0 Å².